The van der Waals surface area contributed by atoms with Crippen molar-refractivity contribution in [3.63, 3.8) is 0 Å². The van der Waals surface area contributed by atoms with Gasteiger partial charge in [-0.25, -0.2) is 0 Å². The lowest BCUT2D eigenvalue weighted by Gasteiger charge is -2.42. The van der Waals surface area contributed by atoms with Crippen LogP contribution < -0.4 is 5.32 Å². The predicted molar refractivity (Wildman–Crippen MR) is 102 cm³/mol. The summed E-state index contributed by atoms with van der Waals surface area (Å²) in [6, 6.07) is 7.53. The number of rotatable bonds is 6. The highest BCUT2D eigenvalue weighted by Crippen LogP contribution is 2.27. The van der Waals surface area contributed by atoms with Crippen LogP contribution in [0.3, 0.4) is 0 Å². The molecule has 0 spiro atoms. The Bertz CT molecular complexity index is 499. The maximum absolute atomic E-state index is 10.3. The highest BCUT2D eigenvalue weighted by Gasteiger charge is 2.32. The van der Waals surface area contributed by atoms with Crippen LogP contribution in [0.1, 0.15) is 70.5 Å². The normalized spacial score (nSPS) is 27.5. The molecule has 0 amide bonds. The molecule has 2 heterocycles. The van der Waals surface area contributed by atoms with Crippen LogP contribution in [0.25, 0.3) is 0 Å². The molecular weight excluding hydrogens is 310 g/mol. The number of nitrogens with one attached hydrogen (secondary N) is 1. The third kappa shape index (κ3) is 5.25. The van der Waals surface area contributed by atoms with E-state index in [0.29, 0.717) is 24.0 Å². The number of pyridine rings is 1. The average molecular weight is 346 g/mol. The van der Waals surface area contributed by atoms with Gasteiger partial charge in [-0.05, 0) is 50.2 Å². The molecule has 1 aliphatic heterocycles. The lowest BCUT2D eigenvalue weighted by atomic mass is 9.89. The summed E-state index contributed by atoms with van der Waals surface area (Å²) in [7, 11) is 0. The fourth-order valence-corrected chi connectivity index (χ4v) is 4.53. The molecule has 1 saturated heterocycles. The predicted octanol–water partition coefficient (Wildman–Crippen LogP) is 3.53. The smallest absolute Gasteiger partial charge is 0.0695 e. The maximum atomic E-state index is 10.3. The number of hydrogen-bond acceptors (Lipinski definition) is 4. The number of likely N-dealkylation sites (tertiary alicyclic amines) is 1. The summed E-state index contributed by atoms with van der Waals surface area (Å²) < 4.78 is 0. The van der Waals surface area contributed by atoms with E-state index in [-0.39, 0.29) is 6.10 Å². The lowest BCUT2D eigenvalue weighted by Crippen LogP contribution is -2.52. The van der Waals surface area contributed by atoms with E-state index in [4.69, 9.17) is 0 Å². The van der Waals surface area contributed by atoms with Gasteiger partial charge < -0.3 is 10.4 Å². The second-order valence-electron chi connectivity index (χ2n) is 8.33. The van der Waals surface area contributed by atoms with Crippen LogP contribution in [0.2, 0.25) is 0 Å². The molecule has 1 saturated carbocycles. The SMILES string of the molecule is CC(C)C[C@H](NC1CCN([C@H]2CCCC[C@H]2O)CC1)c1ccccn1. The number of aliphatic hydroxyl groups excluding tert-OH is 1. The van der Waals surface area contributed by atoms with Gasteiger partial charge in [0.1, 0.15) is 0 Å². The Hall–Kier alpha value is -0.970. The van der Waals surface area contributed by atoms with Crippen molar-refractivity contribution in [3.05, 3.63) is 30.1 Å². The summed E-state index contributed by atoms with van der Waals surface area (Å²) in [5, 5.41) is 14.2. The van der Waals surface area contributed by atoms with Crippen molar-refractivity contribution in [1.29, 1.82) is 0 Å². The van der Waals surface area contributed by atoms with E-state index in [1.807, 2.05) is 12.3 Å². The number of aromatic nitrogens is 1. The summed E-state index contributed by atoms with van der Waals surface area (Å²) >= 11 is 0. The molecule has 2 N–H and O–H groups in total. The Labute approximate surface area is 153 Å². The van der Waals surface area contributed by atoms with Gasteiger partial charge in [-0.15, -0.1) is 0 Å². The molecule has 140 valence electrons. The van der Waals surface area contributed by atoms with Crippen LogP contribution in [-0.2, 0) is 0 Å². The zero-order chi connectivity index (χ0) is 17.6. The van der Waals surface area contributed by atoms with Gasteiger partial charge in [-0.2, -0.15) is 0 Å². The van der Waals surface area contributed by atoms with Gasteiger partial charge in [0.05, 0.1) is 11.8 Å². The van der Waals surface area contributed by atoms with Crippen LogP contribution in [0.15, 0.2) is 24.4 Å². The van der Waals surface area contributed by atoms with Crippen molar-refractivity contribution in [2.24, 2.45) is 5.92 Å². The van der Waals surface area contributed by atoms with Gasteiger partial charge in [0.25, 0.3) is 0 Å². The average Bonchev–Trinajstić information content (AvgIpc) is 2.63. The number of aliphatic hydroxyl groups is 1. The van der Waals surface area contributed by atoms with Crippen LogP contribution in [-0.4, -0.2) is 46.3 Å². The second-order valence-corrected chi connectivity index (χ2v) is 8.33. The van der Waals surface area contributed by atoms with Gasteiger partial charge in [-0.3, -0.25) is 9.88 Å². The minimum absolute atomic E-state index is 0.111. The summed E-state index contributed by atoms with van der Waals surface area (Å²) in [4.78, 5) is 7.13. The standard InChI is InChI=1S/C21H35N3O/c1-16(2)15-19(18-7-5-6-12-22-18)23-17-10-13-24(14-11-17)20-8-3-4-9-21(20)25/h5-7,12,16-17,19-21,23,25H,3-4,8-11,13-15H2,1-2H3/t19-,20-,21+/m0/s1. The van der Waals surface area contributed by atoms with Crippen LogP contribution in [0.5, 0.6) is 0 Å². The Balaban J connectivity index is 1.54. The van der Waals surface area contributed by atoms with Crippen molar-refractivity contribution in [1.82, 2.24) is 15.2 Å². The molecule has 4 nitrogen and oxygen atoms in total. The zero-order valence-corrected chi connectivity index (χ0v) is 15.9. The fraction of sp³-hybridized carbons (Fsp3) is 0.762. The van der Waals surface area contributed by atoms with E-state index in [2.05, 4.69) is 41.2 Å². The van der Waals surface area contributed by atoms with Gasteiger partial charge >= 0.3 is 0 Å². The van der Waals surface area contributed by atoms with E-state index in [1.165, 1.54) is 37.8 Å². The lowest BCUT2D eigenvalue weighted by molar-refractivity contribution is 0.00642. The summed E-state index contributed by atoms with van der Waals surface area (Å²) in [5.41, 5.74) is 1.17. The van der Waals surface area contributed by atoms with E-state index in [0.717, 1.165) is 25.9 Å². The Morgan fingerprint density at radius 2 is 1.92 bits per heavy atom. The van der Waals surface area contributed by atoms with Crippen LogP contribution >= 0.6 is 0 Å². The van der Waals surface area contributed by atoms with Crippen molar-refractivity contribution in [2.45, 2.75) is 83.0 Å². The van der Waals surface area contributed by atoms with Crippen LogP contribution in [0.4, 0.5) is 0 Å². The first kappa shape index (κ1) is 18.8. The minimum Gasteiger partial charge on any atom is -0.391 e. The molecule has 0 unspecified atom stereocenters. The van der Waals surface area contributed by atoms with Crippen molar-refractivity contribution >= 4 is 0 Å². The van der Waals surface area contributed by atoms with Crippen LogP contribution in [0, 0.1) is 5.92 Å². The molecule has 2 fully saturated rings. The van der Waals surface area contributed by atoms with Crippen molar-refractivity contribution < 1.29 is 5.11 Å². The largest absolute Gasteiger partial charge is 0.391 e. The quantitative estimate of drug-likeness (QED) is 0.828. The van der Waals surface area contributed by atoms with Gasteiger partial charge in [0.15, 0.2) is 0 Å². The number of nitrogens with zero attached hydrogens (tertiary/aromatic N) is 2. The first-order valence-corrected chi connectivity index (χ1v) is 10.2. The zero-order valence-electron chi connectivity index (χ0n) is 15.9. The monoisotopic (exact) mass is 345 g/mol. The molecule has 2 aliphatic rings. The highest BCUT2D eigenvalue weighted by atomic mass is 16.3. The summed E-state index contributed by atoms with van der Waals surface area (Å²) in [6.45, 7) is 6.78. The Morgan fingerprint density at radius 1 is 1.16 bits per heavy atom. The van der Waals surface area contributed by atoms with Crippen molar-refractivity contribution in [2.75, 3.05) is 13.1 Å². The van der Waals surface area contributed by atoms with E-state index in [1.54, 1.807) is 0 Å². The minimum atomic E-state index is -0.111. The van der Waals surface area contributed by atoms with Crippen molar-refractivity contribution in [3.8, 4) is 0 Å². The molecule has 1 aromatic heterocycles. The Kier molecular flexibility index (Phi) is 6.85. The molecule has 3 atom stereocenters. The second kappa shape index (κ2) is 9.11. The topological polar surface area (TPSA) is 48.4 Å². The first-order chi connectivity index (χ1) is 12.1. The third-order valence-electron chi connectivity index (χ3n) is 5.88. The fourth-order valence-electron chi connectivity index (χ4n) is 4.53. The molecular formula is C21H35N3O. The summed E-state index contributed by atoms with van der Waals surface area (Å²) in [5.74, 6) is 0.650. The van der Waals surface area contributed by atoms with Gasteiger partial charge in [-0.1, -0.05) is 32.8 Å². The molecule has 4 heteroatoms. The number of piperidine rings is 1. The molecule has 1 aromatic rings. The van der Waals surface area contributed by atoms with E-state index < -0.39 is 0 Å². The van der Waals surface area contributed by atoms with Gasteiger partial charge in [0, 0.05) is 37.4 Å². The Morgan fingerprint density at radius 3 is 2.56 bits per heavy atom. The molecule has 0 radical (unpaired) electrons. The molecule has 0 aromatic carbocycles. The molecule has 1 aliphatic carbocycles. The molecule has 25 heavy (non-hydrogen) atoms. The maximum Gasteiger partial charge on any atom is 0.0695 e. The summed E-state index contributed by atoms with van der Waals surface area (Å²) in [6.07, 6.45) is 9.88. The van der Waals surface area contributed by atoms with E-state index >= 15 is 0 Å². The highest BCUT2D eigenvalue weighted by molar-refractivity contribution is 5.09. The van der Waals surface area contributed by atoms with E-state index in [9.17, 15) is 5.11 Å². The first-order valence-electron chi connectivity index (χ1n) is 10.2. The third-order valence-corrected chi connectivity index (χ3v) is 5.88. The molecule has 0 bridgehead atoms. The number of hydrogen-bond donors (Lipinski definition) is 2. The molecule has 3 rings (SSSR count). The van der Waals surface area contributed by atoms with Gasteiger partial charge in [0.2, 0.25) is 0 Å².